The molecule has 0 heterocycles. The van der Waals surface area contributed by atoms with Crippen LogP contribution in [0.1, 0.15) is 26.2 Å². The highest BCUT2D eigenvalue weighted by Gasteiger charge is 2.16. The van der Waals surface area contributed by atoms with Crippen molar-refractivity contribution in [1.82, 2.24) is 0 Å². The van der Waals surface area contributed by atoms with E-state index in [2.05, 4.69) is 12.2 Å². The maximum atomic E-state index is 9.31. The van der Waals surface area contributed by atoms with Crippen molar-refractivity contribution in [2.45, 2.75) is 32.3 Å². The largest absolute Gasteiger partial charge is 0.393 e. The lowest BCUT2D eigenvalue weighted by atomic mass is 10.0. The highest BCUT2D eigenvalue weighted by molar-refractivity contribution is 4.98. The van der Waals surface area contributed by atoms with E-state index >= 15 is 0 Å². The molecule has 0 fully saturated rings. The Balaban J connectivity index is 2.33. The molecule has 1 N–H and O–H groups in total. The second-order valence-corrected chi connectivity index (χ2v) is 2.64. The summed E-state index contributed by atoms with van der Waals surface area (Å²) in [4.78, 5) is 0. The van der Waals surface area contributed by atoms with Crippen molar-refractivity contribution in [2.24, 2.45) is 5.92 Å². The smallest absolute Gasteiger partial charge is 0.0600 e. The first-order valence-corrected chi connectivity index (χ1v) is 3.69. The highest BCUT2D eigenvalue weighted by Crippen LogP contribution is 2.21. The Kier molecular flexibility index (Phi) is 2.29. The van der Waals surface area contributed by atoms with Crippen LogP contribution in [0.5, 0.6) is 0 Å². The predicted molar refractivity (Wildman–Crippen MR) is 38.2 cm³/mol. The van der Waals surface area contributed by atoms with Crippen LogP contribution in [-0.2, 0) is 0 Å². The molecule has 9 heavy (non-hydrogen) atoms. The first-order chi connectivity index (χ1) is 4.34. The first kappa shape index (κ1) is 6.81. The van der Waals surface area contributed by atoms with Crippen LogP contribution in [0.25, 0.3) is 0 Å². The molecule has 0 aliphatic heterocycles. The summed E-state index contributed by atoms with van der Waals surface area (Å²) < 4.78 is 0. The molecule has 0 spiro atoms. The zero-order chi connectivity index (χ0) is 6.69. The monoisotopic (exact) mass is 126 g/mol. The van der Waals surface area contributed by atoms with Crippen LogP contribution >= 0.6 is 0 Å². The quantitative estimate of drug-likeness (QED) is 0.558. The number of rotatable bonds is 2. The van der Waals surface area contributed by atoms with Gasteiger partial charge in [0.05, 0.1) is 6.10 Å². The fourth-order valence-electron chi connectivity index (χ4n) is 1.28. The Labute approximate surface area is 56.4 Å². The average Bonchev–Trinajstić information content (AvgIpc) is 2.37. The number of hydrogen-bond acceptors (Lipinski definition) is 1. The van der Waals surface area contributed by atoms with E-state index in [1.807, 2.05) is 6.92 Å². The summed E-state index contributed by atoms with van der Waals surface area (Å²) in [6, 6.07) is 0. The van der Waals surface area contributed by atoms with Gasteiger partial charge < -0.3 is 5.11 Å². The van der Waals surface area contributed by atoms with Gasteiger partial charge in [0.25, 0.3) is 0 Å². The first-order valence-electron chi connectivity index (χ1n) is 3.69. The lowest BCUT2D eigenvalue weighted by Crippen LogP contribution is -2.14. The molecule has 2 atom stereocenters. The summed E-state index contributed by atoms with van der Waals surface area (Å²) in [6.45, 7) is 2.02. The molecule has 0 radical (unpaired) electrons. The Hall–Kier alpha value is -0.300. The Morgan fingerprint density at radius 3 is 3.00 bits per heavy atom. The minimum absolute atomic E-state index is 0.0938. The van der Waals surface area contributed by atoms with E-state index in [-0.39, 0.29) is 6.10 Å². The third kappa shape index (κ3) is 1.55. The van der Waals surface area contributed by atoms with Crippen LogP contribution in [0.2, 0.25) is 0 Å². The van der Waals surface area contributed by atoms with E-state index in [1.165, 1.54) is 0 Å². The van der Waals surface area contributed by atoms with Crippen molar-refractivity contribution in [3.8, 4) is 0 Å². The Morgan fingerprint density at radius 2 is 2.56 bits per heavy atom. The fraction of sp³-hybridized carbons (Fsp3) is 0.750. The molecular weight excluding hydrogens is 112 g/mol. The van der Waals surface area contributed by atoms with Crippen LogP contribution in [-0.4, -0.2) is 11.2 Å². The molecule has 52 valence electrons. The van der Waals surface area contributed by atoms with Gasteiger partial charge in [-0.05, 0) is 19.3 Å². The summed E-state index contributed by atoms with van der Waals surface area (Å²) >= 11 is 0. The Morgan fingerprint density at radius 1 is 1.78 bits per heavy atom. The second kappa shape index (κ2) is 3.02. The van der Waals surface area contributed by atoms with E-state index < -0.39 is 0 Å². The van der Waals surface area contributed by atoms with Gasteiger partial charge in [-0.2, -0.15) is 0 Å². The van der Waals surface area contributed by atoms with Crippen molar-refractivity contribution in [3.63, 3.8) is 0 Å². The number of aliphatic hydroxyl groups is 1. The Bertz CT molecular complexity index is 107. The summed E-state index contributed by atoms with van der Waals surface area (Å²) in [5.74, 6) is 0.454. The molecule has 0 saturated heterocycles. The molecule has 1 nitrogen and oxygen atoms in total. The zero-order valence-electron chi connectivity index (χ0n) is 5.88. The maximum Gasteiger partial charge on any atom is 0.0600 e. The van der Waals surface area contributed by atoms with Gasteiger partial charge in [-0.1, -0.05) is 19.1 Å². The number of hydrogen-bond donors (Lipinski definition) is 1. The van der Waals surface area contributed by atoms with Crippen molar-refractivity contribution < 1.29 is 5.11 Å². The van der Waals surface area contributed by atoms with E-state index in [1.54, 1.807) is 0 Å². The van der Waals surface area contributed by atoms with Crippen molar-refractivity contribution in [1.29, 1.82) is 0 Å². The van der Waals surface area contributed by atoms with Gasteiger partial charge >= 0.3 is 0 Å². The molecule has 1 aliphatic carbocycles. The summed E-state index contributed by atoms with van der Waals surface area (Å²) in [5, 5.41) is 9.31. The molecule has 0 aromatic rings. The third-order valence-electron chi connectivity index (χ3n) is 1.96. The van der Waals surface area contributed by atoms with Crippen molar-refractivity contribution in [2.75, 3.05) is 0 Å². The number of aliphatic hydroxyl groups excluding tert-OH is 1. The van der Waals surface area contributed by atoms with Crippen molar-refractivity contribution in [3.05, 3.63) is 12.2 Å². The van der Waals surface area contributed by atoms with Gasteiger partial charge in [0.2, 0.25) is 0 Å². The summed E-state index contributed by atoms with van der Waals surface area (Å²) in [6.07, 6.45) is 7.38. The molecule has 1 heteroatoms. The maximum absolute atomic E-state index is 9.31. The van der Waals surface area contributed by atoms with E-state index in [9.17, 15) is 5.11 Å². The van der Waals surface area contributed by atoms with E-state index in [4.69, 9.17) is 0 Å². The molecule has 0 aromatic carbocycles. The molecule has 0 unspecified atom stereocenters. The van der Waals surface area contributed by atoms with Gasteiger partial charge in [-0.15, -0.1) is 0 Å². The molecule has 0 saturated carbocycles. The van der Waals surface area contributed by atoms with Gasteiger partial charge in [-0.25, -0.2) is 0 Å². The molecular formula is C8H14O. The van der Waals surface area contributed by atoms with Crippen LogP contribution in [0.15, 0.2) is 12.2 Å². The molecule has 0 bridgehead atoms. The van der Waals surface area contributed by atoms with Gasteiger partial charge in [0.1, 0.15) is 0 Å². The SMILES string of the molecule is CC[C@@H](O)[C@@H]1C=CCC1. The summed E-state index contributed by atoms with van der Waals surface area (Å²) in [5.41, 5.74) is 0. The fourth-order valence-corrected chi connectivity index (χ4v) is 1.28. The van der Waals surface area contributed by atoms with Crippen molar-refractivity contribution >= 4 is 0 Å². The zero-order valence-corrected chi connectivity index (χ0v) is 5.88. The lowest BCUT2D eigenvalue weighted by Gasteiger charge is -2.12. The van der Waals surface area contributed by atoms with E-state index in [0.29, 0.717) is 5.92 Å². The van der Waals surface area contributed by atoms with Crippen LogP contribution in [0.4, 0.5) is 0 Å². The molecule has 0 aromatic heterocycles. The minimum Gasteiger partial charge on any atom is -0.393 e. The van der Waals surface area contributed by atoms with Gasteiger partial charge in [0, 0.05) is 5.92 Å². The molecule has 0 amide bonds. The lowest BCUT2D eigenvalue weighted by molar-refractivity contribution is 0.125. The van der Waals surface area contributed by atoms with Gasteiger partial charge in [0.15, 0.2) is 0 Å². The van der Waals surface area contributed by atoms with Crippen LogP contribution in [0.3, 0.4) is 0 Å². The van der Waals surface area contributed by atoms with E-state index in [0.717, 1.165) is 19.3 Å². The topological polar surface area (TPSA) is 20.2 Å². The predicted octanol–water partition coefficient (Wildman–Crippen LogP) is 1.72. The minimum atomic E-state index is -0.0938. The summed E-state index contributed by atoms with van der Waals surface area (Å²) in [7, 11) is 0. The normalized spacial score (nSPS) is 28.9. The highest BCUT2D eigenvalue weighted by atomic mass is 16.3. The standard InChI is InChI=1S/C8H14O/c1-2-8(9)7-5-3-4-6-7/h3,5,7-9H,2,4,6H2,1H3/t7-,8-/m1/s1. The third-order valence-corrected chi connectivity index (χ3v) is 1.96. The molecule has 1 rings (SSSR count). The number of allylic oxidation sites excluding steroid dienone is 1. The average molecular weight is 126 g/mol. The second-order valence-electron chi connectivity index (χ2n) is 2.64. The van der Waals surface area contributed by atoms with Crippen LogP contribution in [0, 0.1) is 5.92 Å². The van der Waals surface area contributed by atoms with Crippen LogP contribution < -0.4 is 0 Å². The molecule has 1 aliphatic rings. The van der Waals surface area contributed by atoms with Gasteiger partial charge in [-0.3, -0.25) is 0 Å².